The summed E-state index contributed by atoms with van der Waals surface area (Å²) in [5.74, 6) is -0.0414. The average molecular weight is 335 g/mol. The topological polar surface area (TPSA) is 73.2 Å². The van der Waals surface area contributed by atoms with Gasteiger partial charge in [-0.25, -0.2) is 4.68 Å². The van der Waals surface area contributed by atoms with Crippen LogP contribution in [0.3, 0.4) is 0 Å². The highest BCUT2D eigenvalue weighted by Gasteiger charge is 2.21. The molecule has 0 saturated heterocycles. The molecule has 0 aliphatic rings. The van der Waals surface area contributed by atoms with Crippen LogP contribution in [0.4, 0.5) is 0 Å². The van der Waals surface area contributed by atoms with Crippen LogP contribution < -0.4 is 10.9 Å². The fraction of sp³-hybridized carbons (Fsp3) is 0.438. The molecule has 0 radical (unpaired) electrons. The van der Waals surface area contributed by atoms with E-state index in [1.165, 1.54) is 16.8 Å². The minimum absolute atomic E-state index is 0.0800. The second-order valence-corrected chi connectivity index (χ2v) is 6.46. The van der Waals surface area contributed by atoms with Gasteiger partial charge in [0.2, 0.25) is 0 Å². The van der Waals surface area contributed by atoms with E-state index in [1.54, 1.807) is 18.4 Å². The molecule has 1 unspecified atom stereocenters. The first-order valence-corrected chi connectivity index (χ1v) is 8.32. The van der Waals surface area contributed by atoms with Crippen molar-refractivity contribution in [1.29, 1.82) is 0 Å². The Labute approximate surface area is 139 Å². The Bertz CT molecular complexity index is 695. The maximum absolute atomic E-state index is 12.5. The number of hydrogen-bond acceptors (Lipinski definition) is 5. The molecule has 0 aliphatic carbocycles. The largest absolute Gasteiger partial charge is 0.383 e. The fourth-order valence-electron chi connectivity index (χ4n) is 2.16. The van der Waals surface area contributed by atoms with Crippen molar-refractivity contribution in [2.45, 2.75) is 26.4 Å². The van der Waals surface area contributed by atoms with Gasteiger partial charge in [-0.15, -0.1) is 11.3 Å². The number of amides is 1. The van der Waals surface area contributed by atoms with Crippen molar-refractivity contribution >= 4 is 17.2 Å². The summed E-state index contributed by atoms with van der Waals surface area (Å²) >= 11 is 1.61. The van der Waals surface area contributed by atoms with Gasteiger partial charge in [-0.2, -0.15) is 5.10 Å². The van der Waals surface area contributed by atoms with E-state index in [9.17, 15) is 9.59 Å². The minimum atomic E-state index is -0.289. The summed E-state index contributed by atoms with van der Waals surface area (Å²) in [6, 6.07) is 6.69. The zero-order valence-corrected chi connectivity index (χ0v) is 14.3. The van der Waals surface area contributed by atoms with Crippen LogP contribution in [-0.4, -0.2) is 29.4 Å². The number of rotatable bonds is 7. The molecule has 2 aromatic heterocycles. The lowest BCUT2D eigenvalue weighted by Gasteiger charge is -2.21. The molecule has 1 N–H and O–H groups in total. The number of carbonyl (C=O) groups excluding carboxylic acids is 1. The number of methoxy groups -OCH3 is 1. The first-order valence-electron chi connectivity index (χ1n) is 7.44. The SMILES string of the molecule is COCCn1nc(C(=O)NC(c2cccs2)C(C)C)ccc1=O. The molecule has 0 fully saturated rings. The molecule has 0 aromatic carbocycles. The highest BCUT2D eigenvalue weighted by atomic mass is 32.1. The van der Waals surface area contributed by atoms with Crippen LogP contribution in [0.15, 0.2) is 34.4 Å². The Kier molecular flexibility index (Phi) is 6.06. The van der Waals surface area contributed by atoms with Gasteiger partial charge in [0.1, 0.15) is 5.69 Å². The summed E-state index contributed by atoms with van der Waals surface area (Å²) in [6.45, 7) is 4.78. The monoisotopic (exact) mass is 335 g/mol. The molecule has 0 spiro atoms. The van der Waals surface area contributed by atoms with Crippen LogP contribution in [0.25, 0.3) is 0 Å². The third kappa shape index (κ3) is 4.49. The Hall–Kier alpha value is -1.99. The molecular formula is C16H21N3O3S. The summed E-state index contributed by atoms with van der Waals surface area (Å²) in [6.07, 6.45) is 0. The second kappa shape index (κ2) is 8.03. The van der Waals surface area contributed by atoms with Crippen molar-refractivity contribution < 1.29 is 9.53 Å². The molecule has 1 amide bonds. The van der Waals surface area contributed by atoms with Crippen molar-refractivity contribution in [3.63, 3.8) is 0 Å². The smallest absolute Gasteiger partial charge is 0.272 e. The summed E-state index contributed by atoms with van der Waals surface area (Å²) in [5.41, 5.74) is -0.0276. The number of hydrogen-bond donors (Lipinski definition) is 1. The van der Waals surface area contributed by atoms with Gasteiger partial charge in [-0.1, -0.05) is 19.9 Å². The molecule has 2 heterocycles. The van der Waals surface area contributed by atoms with Crippen molar-refractivity contribution in [1.82, 2.24) is 15.1 Å². The highest BCUT2D eigenvalue weighted by molar-refractivity contribution is 7.10. The number of nitrogens with zero attached hydrogens (tertiary/aromatic N) is 2. The summed E-state index contributed by atoms with van der Waals surface area (Å²) in [4.78, 5) is 25.3. The zero-order valence-electron chi connectivity index (χ0n) is 13.5. The normalized spacial score (nSPS) is 12.3. The van der Waals surface area contributed by atoms with Gasteiger partial charge >= 0.3 is 0 Å². The van der Waals surface area contributed by atoms with E-state index in [0.717, 1.165) is 4.88 Å². The van der Waals surface area contributed by atoms with E-state index in [2.05, 4.69) is 24.3 Å². The van der Waals surface area contributed by atoms with Crippen LogP contribution in [0.1, 0.15) is 35.3 Å². The van der Waals surface area contributed by atoms with Gasteiger partial charge < -0.3 is 10.1 Å². The minimum Gasteiger partial charge on any atom is -0.383 e. The van der Waals surface area contributed by atoms with Crippen LogP contribution >= 0.6 is 11.3 Å². The van der Waals surface area contributed by atoms with Gasteiger partial charge in [0.05, 0.1) is 19.2 Å². The molecule has 0 aliphatic heterocycles. The van der Waals surface area contributed by atoms with Crippen LogP contribution in [0.5, 0.6) is 0 Å². The number of nitrogens with one attached hydrogen (secondary N) is 1. The van der Waals surface area contributed by atoms with Crippen molar-refractivity contribution in [2.75, 3.05) is 13.7 Å². The molecule has 2 rings (SSSR count). The predicted molar refractivity (Wildman–Crippen MR) is 89.7 cm³/mol. The fourth-order valence-corrected chi connectivity index (χ4v) is 3.11. The maximum atomic E-state index is 12.5. The Morgan fingerprint density at radius 1 is 1.39 bits per heavy atom. The van der Waals surface area contributed by atoms with Crippen LogP contribution in [0, 0.1) is 5.92 Å². The predicted octanol–water partition coefficient (Wildman–Crippen LogP) is 2.08. The maximum Gasteiger partial charge on any atom is 0.272 e. The molecule has 23 heavy (non-hydrogen) atoms. The molecule has 2 aromatic rings. The van der Waals surface area contributed by atoms with E-state index in [1.807, 2.05) is 17.5 Å². The van der Waals surface area contributed by atoms with E-state index in [0.29, 0.717) is 13.2 Å². The van der Waals surface area contributed by atoms with Crippen molar-refractivity contribution in [2.24, 2.45) is 5.92 Å². The molecular weight excluding hydrogens is 314 g/mol. The zero-order chi connectivity index (χ0) is 16.8. The number of carbonyl (C=O) groups is 1. The number of ether oxygens (including phenoxy) is 1. The number of aromatic nitrogens is 2. The Morgan fingerprint density at radius 3 is 2.78 bits per heavy atom. The third-order valence-electron chi connectivity index (χ3n) is 3.41. The van der Waals surface area contributed by atoms with Gasteiger partial charge in [0, 0.05) is 18.1 Å². The summed E-state index contributed by atoms with van der Waals surface area (Å²) in [5, 5.41) is 9.11. The molecule has 0 saturated carbocycles. The van der Waals surface area contributed by atoms with E-state index in [-0.39, 0.29) is 29.1 Å². The van der Waals surface area contributed by atoms with Gasteiger partial charge in [0.15, 0.2) is 0 Å². The molecule has 6 nitrogen and oxygen atoms in total. The molecule has 0 bridgehead atoms. The first-order chi connectivity index (χ1) is 11.0. The summed E-state index contributed by atoms with van der Waals surface area (Å²) in [7, 11) is 1.55. The van der Waals surface area contributed by atoms with Crippen molar-refractivity contribution in [3.05, 3.63) is 50.6 Å². The molecule has 1 atom stereocenters. The van der Waals surface area contributed by atoms with Crippen molar-refractivity contribution in [3.8, 4) is 0 Å². The van der Waals surface area contributed by atoms with E-state index >= 15 is 0 Å². The summed E-state index contributed by atoms with van der Waals surface area (Å²) < 4.78 is 6.19. The first kappa shape index (κ1) is 17.4. The molecule has 7 heteroatoms. The Balaban J connectivity index is 2.17. The quantitative estimate of drug-likeness (QED) is 0.841. The lowest BCUT2D eigenvalue weighted by molar-refractivity contribution is 0.0917. The second-order valence-electron chi connectivity index (χ2n) is 5.48. The number of thiophene rings is 1. The van der Waals surface area contributed by atoms with Crippen LogP contribution in [0.2, 0.25) is 0 Å². The third-order valence-corrected chi connectivity index (χ3v) is 4.36. The lowest BCUT2D eigenvalue weighted by atomic mass is 10.0. The standard InChI is InChI=1S/C16H21N3O3S/c1-11(2)15(13-5-4-10-23-13)17-16(21)12-6-7-14(20)19(18-12)8-9-22-3/h4-7,10-11,15H,8-9H2,1-3H3,(H,17,21). The van der Waals surface area contributed by atoms with Crippen LogP contribution in [-0.2, 0) is 11.3 Å². The molecule has 124 valence electrons. The van der Waals surface area contributed by atoms with Gasteiger partial charge in [0.25, 0.3) is 11.5 Å². The highest BCUT2D eigenvalue weighted by Crippen LogP contribution is 2.25. The van der Waals surface area contributed by atoms with E-state index < -0.39 is 0 Å². The van der Waals surface area contributed by atoms with E-state index in [4.69, 9.17) is 4.74 Å². The van der Waals surface area contributed by atoms with Gasteiger partial charge in [-0.05, 0) is 23.4 Å². The average Bonchev–Trinajstić information content (AvgIpc) is 3.05. The van der Waals surface area contributed by atoms with Gasteiger partial charge in [-0.3, -0.25) is 9.59 Å². The lowest BCUT2D eigenvalue weighted by Crippen LogP contribution is -2.34. The Morgan fingerprint density at radius 2 is 2.17 bits per heavy atom.